The van der Waals surface area contributed by atoms with Crippen molar-refractivity contribution in [2.75, 3.05) is 7.11 Å². The fraction of sp³-hybridized carbons (Fsp3) is 0.417. The summed E-state index contributed by atoms with van der Waals surface area (Å²) in [4.78, 5) is 11.8. The molecule has 1 amide bonds. The van der Waals surface area contributed by atoms with Crippen molar-refractivity contribution in [2.24, 2.45) is 0 Å². The van der Waals surface area contributed by atoms with Crippen LogP contribution in [0, 0.1) is 0 Å². The van der Waals surface area contributed by atoms with Gasteiger partial charge < -0.3 is 10.1 Å². The van der Waals surface area contributed by atoms with Gasteiger partial charge in [-0.25, -0.2) is 0 Å². The van der Waals surface area contributed by atoms with Gasteiger partial charge in [0.05, 0.1) is 18.2 Å². The van der Waals surface area contributed by atoms with Crippen molar-refractivity contribution in [1.29, 1.82) is 0 Å². The number of hydrogen-bond donors (Lipinski definition) is 1. The van der Waals surface area contributed by atoms with E-state index >= 15 is 0 Å². The first-order chi connectivity index (χ1) is 8.41. The van der Waals surface area contributed by atoms with Crippen LogP contribution in [-0.2, 0) is 6.18 Å². The number of halogens is 3. The van der Waals surface area contributed by atoms with Gasteiger partial charge in [0.25, 0.3) is 5.91 Å². The average Bonchev–Trinajstić information content (AvgIpc) is 3.10. The molecule has 1 aromatic carbocycles. The van der Waals surface area contributed by atoms with Crippen LogP contribution < -0.4 is 10.1 Å². The number of benzene rings is 1. The Bertz CT molecular complexity index is 467. The van der Waals surface area contributed by atoms with Crippen molar-refractivity contribution in [3.8, 4) is 5.75 Å². The van der Waals surface area contributed by atoms with Crippen LogP contribution in [0.4, 0.5) is 13.2 Å². The second-order valence-corrected chi connectivity index (χ2v) is 4.16. The van der Waals surface area contributed by atoms with Gasteiger partial charge in [-0.05, 0) is 31.0 Å². The lowest BCUT2D eigenvalue weighted by Crippen LogP contribution is -2.26. The maximum Gasteiger partial charge on any atom is 0.416 e. The lowest BCUT2D eigenvalue weighted by Gasteiger charge is -2.12. The average molecular weight is 259 g/mol. The molecule has 1 aromatic rings. The highest BCUT2D eigenvalue weighted by atomic mass is 19.4. The highest BCUT2D eigenvalue weighted by molar-refractivity contribution is 5.97. The largest absolute Gasteiger partial charge is 0.496 e. The number of carbonyl (C=O) groups is 1. The van der Waals surface area contributed by atoms with Crippen LogP contribution in [0.2, 0.25) is 0 Å². The maximum atomic E-state index is 12.6. The minimum atomic E-state index is -4.47. The Kier molecular flexibility index (Phi) is 3.19. The number of amides is 1. The second kappa shape index (κ2) is 4.51. The molecule has 1 aliphatic carbocycles. The summed E-state index contributed by atoms with van der Waals surface area (Å²) in [5, 5.41) is 2.64. The van der Waals surface area contributed by atoms with Gasteiger partial charge in [0, 0.05) is 6.04 Å². The van der Waals surface area contributed by atoms with E-state index in [1.165, 1.54) is 7.11 Å². The highest BCUT2D eigenvalue weighted by Crippen LogP contribution is 2.32. The third kappa shape index (κ3) is 2.75. The van der Waals surface area contributed by atoms with Crippen molar-refractivity contribution in [3.05, 3.63) is 29.3 Å². The van der Waals surface area contributed by atoms with Gasteiger partial charge in [0.1, 0.15) is 5.75 Å². The zero-order valence-electron chi connectivity index (χ0n) is 9.67. The summed E-state index contributed by atoms with van der Waals surface area (Å²) < 4.78 is 42.6. The Morgan fingerprint density at radius 3 is 2.56 bits per heavy atom. The lowest BCUT2D eigenvalue weighted by atomic mass is 10.1. The first-order valence-corrected chi connectivity index (χ1v) is 5.48. The van der Waals surface area contributed by atoms with Crippen LogP contribution in [0.25, 0.3) is 0 Å². The zero-order chi connectivity index (χ0) is 13.3. The van der Waals surface area contributed by atoms with E-state index in [2.05, 4.69) is 5.32 Å². The van der Waals surface area contributed by atoms with E-state index in [9.17, 15) is 18.0 Å². The van der Waals surface area contributed by atoms with Gasteiger partial charge in [-0.2, -0.15) is 13.2 Å². The summed E-state index contributed by atoms with van der Waals surface area (Å²) in [6.07, 6.45) is -2.74. The van der Waals surface area contributed by atoms with Gasteiger partial charge in [-0.3, -0.25) is 4.79 Å². The molecule has 3 nitrogen and oxygen atoms in total. The Morgan fingerprint density at radius 1 is 1.39 bits per heavy atom. The molecule has 0 saturated heterocycles. The number of alkyl halides is 3. The second-order valence-electron chi connectivity index (χ2n) is 4.16. The van der Waals surface area contributed by atoms with E-state index in [0.29, 0.717) is 0 Å². The van der Waals surface area contributed by atoms with Crippen molar-refractivity contribution in [1.82, 2.24) is 5.32 Å². The molecular formula is C12H12F3NO2. The number of carbonyl (C=O) groups excluding carboxylic acids is 1. The quantitative estimate of drug-likeness (QED) is 0.906. The van der Waals surface area contributed by atoms with Crippen molar-refractivity contribution in [3.63, 3.8) is 0 Å². The van der Waals surface area contributed by atoms with Crippen LogP contribution >= 0.6 is 0 Å². The van der Waals surface area contributed by atoms with Crippen LogP contribution in [0.1, 0.15) is 28.8 Å². The lowest BCUT2D eigenvalue weighted by molar-refractivity contribution is -0.137. The molecule has 0 heterocycles. The molecule has 2 rings (SSSR count). The first kappa shape index (κ1) is 12.7. The van der Waals surface area contributed by atoms with E-state index in [1.54, 1.807) is 0 Å². The van der Waals surface area contributed by atoms with Gasteiger partial charge in [0.15, 0.2) is 0 Å². The summed E-state index contributed by atoms with van der Waals surface area (Å²) in [6.45, 7) is 0. The molecule has 1 fully saturated rings. The number of hydrogen-bond acceptors (Lipinski definition) is 2. The number of nitrogens with one attached hydrogen (secondary N) is 1. The third-order valence-electron chi connectivity index (χ3n) is 2.68. The van der Waals surface area contributed by atoms with Crippen molar-refractivity contribution < 1.29 is 22.7 Å². The maximum absolute atomic E-state index is 12.6. The van der Waals surface area contributed by atoms with Crippen LogP contribution in [-0.4, -0.2) is 19.1 Å². The molecule has 0 unspecified atom stereocenters. The van der Waals surface area contributed by atoms with Crippen molar-refractivity contribution >= 4 is 5.91 Å². The minimum Gasteiger partial charge on any atom is -0.496 e. The topological polar surface area (TPSA) is 38.3 Å². The molecule has 98 valence electrons. The van der Waals surface area contributed by atoms with E-state index in [0.717, 1.165) is 31.0 Å². The predicted octanol–water partition coefficient (Wildman–Crippen LogP) is 2.61. The van der Waals surface area contributed by atoms with Crippen LogP contribution in [0.3, 0.4) is 0 Å². The summed E-state index contributed by atoms with van der Waals surface area (Å²) in [7, 11) is 1.32. The molecule has 0 spiro atoms. The highest BCUT2D eigenvalue weighted by Gasteiger charge is 2.32. The summed E-state index contributed by atoms with van der Waals surface area (Å²) in [5.41, 5.74) is -0.941. The third-order valence-corrected chi connectivity index (χ3v) is 2.68. The summed E-state index contributed by atoms with van der Waals surface area (Å²) in [6, 6.07) is 2.95. The van der Waals surface area contributed by atoms with Gasteiger partial charge in [-0.1, -0.05) is 0 Å². The van der Waals surface area contributed by atoms with Crippen LogP contribution in [0.5, 0.6) is 5.75 Å². The molecule has 0 bridgehead atoms. The predicted molar refractivity (Wildman–Crippen MR) is 58.5 cm³/mol. The minimum absolute atomic E-state index is 0.0803. The van der Waals surface area contributed by atoms with E-state index in [4.69, 9.17) is 4.74 Å². The number of rotatable bonds is 3. The molecule has 18 heavy (non-hydrogen) atoms. The Balaban J connectivity index is 2.32. The SMILES string of the molecule is COc1ccc(C(F)(F)F)cc1C(=O)NC1CC1. The fourth-order valence-electron chi connectivity index (χ4n) is 1.55. The molecule has 6 heteroatoms. The summed E-state index contributed by atoms with van der Waals surface area (Å²) in [5.74, 6) is -0.387. The summed E-state index contributed by atoms with van der Waals surface area (Å²) >= 11 is 0. The van der Waals surface area contributed by atoms with Gasteiger partial charge >= 0.3 is 6.18 Å². The Morgan fingerprint density at radius 2 is 2.06 bits per heavy atom. The van der Waals surface area contributed by atoms with E-state index < -0.39 is 17.6 Å². The molecule has 0 aromatic heterocycles. The molecular weight excluding hydrogens is 247 g/mol. The number of ether oxygens (including phenoxy) is 1. The normalized spacial score (nSPS) is 15.3. The fourth-order valence-corrected chi connectivity index (χ4v) is 1.55. The van der Waals surface area contributed by atoms with Crippen molar-refractivity contribution in [2.45, 2.75) is 25.1 Å². The standard InChI is InChI=1S/C12H12F3NO2/c1-18-10-5-2-7(12(13,14)15)6-9(10)11(17)16-8-3-4-8/h2,5-6,8H,3-4H2,1H3,(H,16,17). The first-order valence-electron chi connectivity index (χ1n) is 5.48. The smallest absolute Gasteiger partial charge is 0.416 e. The molecule has 1 aliphatic rings. The number of methoxy groups -OCH3 is 1. The van der Waals surface area contributed by atoms with Gasteiger partial charge in [-0.15, -0.1) is 0 Å². The van der Waals surface area contributed by atoms with E-state index in [1.807, 2.05) is 0 Å². The Labute approximate surface area is 102 Å². The van der Waals surface area contributed by atoms with Gasteiger partial charge in [0.2, 0.25) is 0 Å². The van der Waals surface area contributed by atoms with E-state index in [-0.39, 0.29) is 17.4 Å². The molecule has 1 N–H and O–H groups in total. The molecule has 1 saturated carbocycles. The molecule has 0 atom stereocenters. The Hall–Kier alpha value is -1.72. The monoisotopic (exact) mass is 259 g/mol. The van der Waals surface area contributed by atoms with Crippen LogP contribution in [0.15, 0.2) is 18.2 Å². The molecule has 0 radical (unpaired) electrons. The zero-order valence-corrected chi connectivity index (χ0v) is 9.67. The molecule has 0 aliphatic heterocycles.